The van der Waals surface area contributed by atoms with Gasteiger partial charge in [-0.15, -0.1) is 0 Å². The van der Waals surface area contributed by atoms with Gasteiger partial charge in [-0.1, -0.05) is 25.8 Å². The van der Waals surface area contributed by atoms with Gasteiger partial charge in [0.15, 0.2) is 0 Å². The van der Waals surface area contributed by atoms with Crippen molar-refractivity contribution in [3.8, 4) is 12.1 Å². The molecule has 2 heteroatoms. The molecule has 0 radical (unpaired) electrons. The van der Waals surface area contributed by atoms with E-state index in [4.69, 9.17) is 10.5 Å². The summed E-state index contributed by atoms with van der Waals surface area (Å²) in [5.74, 6) is 1.21. The van der Waals surface area contributed by atoms with Crippen molar-refractivity contribution in [2.45, 2.75) is 32.6 Å². The standard InChI is InChI=1S/C11H14N2/c1-9-3-2-4-11(9)7-10(8-13)5-6-12/h7,9,11H,2-5H2,1H3/b10-7+. The van der Waals surface area contributed by atoms with Crippen LogP contribution in [0.25, 0.3) is 0 Å². The van der Waals surface area contributed by atoms with E-state index in [9.17, 15) is 0 Å². The summed E-state index contributed by atoms with van der Waals surface area (Å²) >= 11 is 0. The minimum absolute atomic E-state index is 0.264. The summed E-state index contributed by atoms with van der Waals surface area (Å²) in [7, 11) is 0. The highest BCUT2D eigenvalue weighted by Gasteiger charge is 2.21. The van der Waals surface area contributed by atoms with Crippen molar-refractivity contribution in [1.82, 2.24) is 0 Å². The molecule has 0 bridgehead atoms. The molecule has 13 heavy (non-hydrogen) atoms. The van der Waals surface area contributed by atoms with Crippen LogP contribution in [0.4, 0.5) is 0 Å². The van der Waals surface area contributed by atoms with Crippen molar-refractivity contribution < 1.29 is 0 Å². The Labute approximate surface area is 79.5 Å². The fraction of sp³-hybridized carbons (Fsp3) is 0.636. The summed E-state index contributed by atoms with van der Waals surface area (Å²) < 4.78 is 0. The predicted octanol–water partition coefficient (Wildman–Crippen LogP) is 2.79. The van der Waals surface area contributed by atoms with E-state index in [1.807, 2.05) is 12.1 Å². The Bertz CT molecular complexity index is 277. The van der Waals surface area contributed by atoms with Crippen molar-refractivity contribution in [1.29, 1.82) is 10.5 Å². The van der Waals surface area contributed by atoms with Gasteiger partial charge in [-0.2, -0.15) is 10.5 Å². The Morgan fingerprint density at radius 1 is 1.46 bits per heavy atom. The first-order valence-electron chi connectivity index (χ1n) is 4.75. The molecule has 2 nitrogen and oxygen atoms in total. The number of nitriles is 2. The Kier molecular flexibility index (Phi) is 3.53. The van der Waals surface area contributed by atoms with Crippen LogP contribution >= 0.6 is 0 Å². The van der Waals surface area contributed by atoms with Gasteiger partial charge in [-0.3, -0.25) is 0 Å². The van der Waals surface area contributed by atoms with Gasteiger partial charge in [0.25, 0.3) is 0 Å². The van der Waals surface area contributed by atoms with Crippen molar-refractivity contribution in [2.24, 2.45) is 11.8 Å². The molecule has 1 fully saturated rings. The zero-order valence-corrected chi connectivity index (χ0v) is 7.95. The molecule has 0 saturated heterocycles. The summed E-state index contributed by atoms with van der Waals surface area (Å²) in [4.78, 5) is 0. The molecule has 0 aromatic carbocycles. The number of allylic oxidation sites excluding steroid dienone is 2. The van der Waals surface area contributed by atoms with Gasteiger partial charge in [-0.25, -0.2) is 0 Å². The van der Waals surface area contributed by atoms with Gasteiger partial charge in [0.05, 0.1) is 18.6 Å². The highest BCUT2D eigenvalue weighted by Crippen LogP contribution is 2.32. The largest absolute Gasteiger partial charge is 0.198 e. The minimum atomic E-state index is 0.264. The molecule has 0 aliphatic heterocycles. The molecule has 2 atom stereocenters. The second kappa shape index (κ2) is 4.67. The van der Waals surface area contributed by atoms with Crippen molar-refractivity contribution >= 4 is 0 Å². The Morgan fingerprint density at radius 3 is 2.69 bits per heavy atom. The van der Waals surface area contributed by atoms with Crippen molar-refractivity contribution in [2.75, 3.05) is 0 Å². The summed E-state index contributed by atoms with van der Waals surface area (Å²) in [5, 5.41) is 17.2. The molecule has 1 aliphatic carbocycles. The maximum absolute atomic E-state index is 8.73. The van der Waals surface area contributed by atoms with Gasteiger partial charge in [0, 0.05) is 5.57 Å². The van der Waals surface area contributed by atoms with E-state index >= 15 is 0 Å². The summed E-state index contributed by atoms with van der Waals surface area (Å²) in [6, 6.07) is 4.11. The van der Waals surface area contributed by atoms with Gasteiger partial charge < -0.3 is 0 Å². The molecule has 1 rings (SSSR count). The predicted molar refractivity (Wildman–Crippen MR) is 50.4 cm³/mol. The Hall–Kier alpha value is -1.28. The van der Waals surface area contributed by atoms with Crippen LogP contribution in [0.2, 0.25) is 0 Å². The second-order valence-corrected chi connectivity index (χ2v) is 3.71. The first-order chi connectivity index (χ1) is 6.27. The zero-order valence-electron chi connectivity index (χ0n) is 7.95. The minimum Gasteiger partial charge on any atom is -0.198 e. The van der Waals surface area contributed by atoms with Crippen LogP contribution in [0.5, 0.6) is 0 Å². The van der Waals surface area contributed by atoms with Crippen LogP contribution in [0.1, 0.15) is 32.6 Å². The van der Waals surface area contributed by atoms with E-state index in [0.29, 0.717) is 17.4 Å². The lowest BCUT2D eigenvalue weighted by Gasteiger charge is -2.09. The fourth-order valence-electron chi connectivity index (χ4n) is 1.90. The third kappa shape index (κ3) is 2.60. The normalized spacial score (nSPS) is 28.1. The summed E-state index contributed by atoms with van der Waals surface area (Å²) in [5.41, 5.74) is 0.640. The van der Waals surface area contributed by atoms with Gasteiger partial charge >= 0.3 is 0 Å². The highest BCUT2D eigenvalue weighted by atomic mass is 14.3. The lowest BCUT2D eigenvalue weighted by Crippen LogP contribution is -2.00. The maximum atomic E-state index is 8.73. The molecule has 0 N–H and O–H groups in total. The van der Waals surface area contributed by atoms with E-state index in [0.717, 1.165) is 0 Å². The topological polar surface area (TPSA) is 47.6 Å². The van der Waals surface area contributed by atoms with Crippen molar-refractivity contribution in [3.63, 3.8) is 0 Å². The highest BCUT2D eigenvalue weighted by molar-refractivity contribution is 5.25. The quantitative estimate of drug-likeness (QED) is 0.604. The smallest absolute Gasteiger partial charge is 0.0954 e. The molecule has 0 amide bonds. The molecule has 68 valence electrons. The lowest BCUT2D eigenvalue weighted by molar-refractivity contribution is 0.502. The van der Waals surface area contributed by atoms with Crippen LogP contribution in [0.15, 0.2) is 11.6 Å². The van der Waals surface area contributed by atoms with E-state index < -0.39 is 0 Å². The molecule has 1 saturated carbocycles. The average Bonchev–Trinajstić information content (AvgIpc) is 2.51. The number of rotatable bonds is 2. The SMILES string of the molecule is CC1CCCC1/C=C(/C#N)CC#N. The first-order valence-corrected chi connectivity index (χ1v) is 4.75. The zero-order chi connectivity index (χ0) is 9.68. The summed E-state index contributed by atoms with van der Waals surface area (Å²) in [6.07, 6.45) is 5.96. The second-order valence-electron chi connectivity index (χ2n) is 3.71. The third-order valence-corrected chi connectivity index (χ3v) is 2.76. The maximum Gasteiger partial charge on any atom is 0.0954 e. The molecular formula is C11H14N2. The van der Waals surface area contributed by atoms with Gasteiger partial charge in [-0.05, 0) is 18.3 Å². The fourth-order valence-corrected chi connectivity index (χ4v) is 1.90. The van der Waals surface area contributed by atoms with Crippen LogP contribution in [0, 0.1) is 34.5 Å². The Balaban J connectivity index is 2.63. The van der Waals surface area contributed by atoms with Crippen LogP contribution in [0.3, 0.4) is 0 Å². The monoisotopic (exact) mass is 174 g/mol. The summed E-state index contributed by atoms with van der Waals surface area (Å²) in [6.45, 7) is 2.22. The van der Waals surface area contributed by atoms with E-state index in [1.165, 1.54) is 19.3 Å². The van der Waals surface area contributed by atoms with Crippen LogP contribution in [-0.2, 0) is 0 Å². The number of hydrogen-bond donors (Lipinski definition) is 0. The number of hydrogen-bond acceptors (Lipinski definition) is 2. The molecule has 2 unspecified atom stereocenters. The van der Waals surface area contributed by atoms with Crippen LogP contribution < -0.4 is 0 Å². The van der Waals surface area contributed by atoms with Gasteiger partial charge in [0.1, 0.15) is 0 Å². The Morgan fingerprint density at radius 2 is 2.23 bits per heavy atom. The van der Waals surface area contributed by atoms with Crippen LogP contribution in [-0.4, -0.2) is 0 Å². The van der Waals surface area contributed by atoms with E-state index in [1.54, 1.807) is 0 Å². The van der Waals surface area contributed by atoms with E-state index in [2.05, 4.69) is 13.0 Å². The molecule has 0 heterocycles. The molecule has 0 spiro atoms. The first kappa shape index (κ1) is 9.81. The molecule has 1 aliphatic rings. The van der Waals surface area contributed by atoms with Crippen molar-refractivity contribution in [3.05, 3.63) is 11.6 Å². The van der Waals surface area contributed by atoms with E-state index in [-0.39, 0.29) is 6.42 Å². The molecule has 0 aromatic rings. The lowest BCUT2D eigenvalue weighted by atomic mass is 9.95. The number of nitrogens with zero attached hydrogens (tertiary/aromatic N) is 2. The average molecular weight is 174 g/mol. The molecule has 0 aromatic heterocycles. The van der Waals surface area contributed by atoms with Gasteiger partial charge in [0.2, 0.25) is 0 Å². The third-order valence-electron chi connectivity index (χ3n) is 2.76. The molecular weight excluding hydrogens is 160 g/mol.